The van der Waals surface area contributed by atoms with Gasteiger partial charge in [0.15, 0.2) is 0 Å². The average molecular weight is 443 g/mol. The summed E-state index contributed by atoms with van der Waals surface area (Å²) in [7, 11) is 3.57. The van der Waals surface area contributed by atoms with E-state index in [1.807, 2.05) is 24.3 Å². The second-order valence-corrected chi connectivity index (χ2v) is 8.72. The van der Waals surface area contributed by atoms with Gasteiger partial charge in [0.05, 0.1) is 12.0 Å². The normalized spacial score (nSPS) is 20.9. The zero-order valence-corrected chi connectivity index (χ0v) is 18.6. The van der Waals surface area contributed by atoms with Crippen molar-refractivity contribution in [2.24, 2.45) is 13.0 Å². The minimum Gasteiger partial charge on any atom is -0.490 e. The Kier molecular flexibility index (Phi) is 6.62. The van der Waals surface area contributed by atoms with Crippen molar-refractivity contribution in [3.05, 3.63) is 30.0 Å². The smallest absolute Gasteiger partial charge is 0.410 e. The van der Waals surface area contributed by atoms with Crippen molar-refractivity contribution in [1.29, 1.82) is 0 Å². The lowest BCUT2D eigenvalue weighted by Gasteiger charge is -2.23. The summed E-state index contributed by atoms with van der Waals surface area (Å²) in [6.07, 6.45) is 5.87. The highest BCUT2D eigenvalue weighted by Crippen LogP contribution is 2.31. The van der Waals surface area contributed by atoms with Gasteiger partial charge in [-0.2, -0.15) is 0 Å². The summed E-state index contributed by atoms with van der Waals surface area (Å²) < 4.78 is 13.1. The fourth-order valence-electron chi connectivity index (χ4n) is 4.59. The number of carboxylic acids is 1. The molecule has 1 heterocycles. The molecule has 2 aliphatic carbocycles. The Bertz CT molecular complexity index is 952. The molecule has 1 amide bonds. The standard InChI is InChI=1S/C23H30N4O5/c1-26(17-5-3-4-6-17)23(30)31-14-20-21(24-25-27(20)2)15-7-10-18(11-8-15)32-19-12-9-16(13-19)22(28)29/h7-8,10-11,16-17,19H,3-6,9,12-14H2,1-2H3,(H,28,29)/t16-,19+/m1/s1. The molecule has 32 heavy (non-hydrogen) atoms. The predicted octanol–water partition coefficient (Wildman–Crippen LogP) is 3.63. The topological polar surface area (TPSA) is 107 Å². The molecule has 9 nitrogen and oxygen atoms in total. The number of carboxylic acid groups (broad SMARTS) is 1. The van der Waals surface area contributed by atoms with Crippen molar-refractivity contribution in [2.75, 3.05) is 7.05 Å². The summed E-state index contributed by atoms with van der Waals surface area (Å²) in [5.41, 5.74) is 2.21. The molecule has 4 rings (SSSR count). The molecule has 2 saturated carbocycles. The first-order chi connectivity index (χ1) is 15.4. The first-order valence-electron chi connectivity index (χ1n) is 11.2. The van der Waals surface area contributed by atoms with E-state index in [0.717, 1.165) is 37.7 Å². The van der Waals surface area contributed by atoms with Crippen LogP contribution in [0.4, 0.5) is 4.79 Å². The van der Waals surface area contributed by atoms with Gasteiger partial charge in [0, 0.05) is 25.7 Å². The van der Waals surface area contributed by atoms with E-state index >= 15 is 0 Å². The molecule has 0 saturated heterocycles. The van der Waals surface area contributed by atoms with E-state index in [0.29, 0.717) is 30.0 Å². The quantitative estimate of drug-likeness (QED) is 0.698. The van der Waals surface area contributed by atoms with E-state index in [1.54, 1.807) is 23.7 Å². The van der Waals surface area contributed by atoms with Crippen LogP contribution in [0.5, 0.6) is 5.75 Å². The largest absolute Gasteiger partial charge is 0.490 e. The number of ether oxygens (including phenoxy) is 2. The average Bonchev–Trinajstić information content (AvgIpc) is 3.54. The minimum atomic E-state index is -0.753. The van der Waals surface area contributed by atoms with Crippen LogP contribution < -0.4 is 4.74 Å². The number of carbonyl (C=O) groups is 2. The van der Waals surface area contributed by atoms with Crippen LogP contribution in [0, 0.1) is 5.92 Å². The van der Waals surface area contributed by atoms with Crippen LogP contribution in [-0.2, 0) is 23.2 Å². The molecule has 9 heteroatoms. The van der Waals surface area contributed by atoms with E-state index in [9.17, 15) is 9.59 Å². The number of benzene rings is 1. The van der Waals surface area contributed by atoms with Crippen LogP contribution in [0.2, 0.25) is 0 Å². The number of nitrogens with zero attached hydrogens (tertiary/aromatic N) is 4. The second kappa shape index (κ2) is 9.58. The van der Waals surface area contributed by atoms with E-state index in [-0.39, 0.29) is 30.8 Å². The molecule has 0 unspecified atom stereocenters. The van der Waals surface area contributed by atoms with Gasteiger partial charge in [-0.1, -0.05) is 18.1 Å². The minimum absolute atomic E-state index is 0.0784. The third-order valence-electron chi connectivity index (χ3n) is 6.60. The lowest BCUT2D eigenvalue weighted by atomic mass is 10.1. The number of hydrogen-bond acceptors (Lipinski definition) is 6. The zero-order valence-electron chi connectivity index (χ0n) is 18.6. The maximum absolute atomic E-state index is 12.5. The van der Waals surface area contributed by atoms with Gasteiger partial charge in [0.1, 0.15) is 23.7 Å². The number of hydrogen-bond donors (Lipinski definition) is 1. The summed E-state index contributed by atoms with van der Waals surface area (Å²) in [6, 6.07) is 7.73. The summed E-state index contributed by atoms with van der Waals surface area (Å²) in [5.74, 6) is -0.381. The Labute approximate surface area is 187 Å². The summed E-state index contributed by atoms with van der Waals surface area (Å²) >= 11 is 0. The van der Waals surface area contributed by atoms with Crippen molar-refractivity contribution in [1.82, 2.24) is 19.9 Å². The van der Waals surface area contributed by atoms with Crippen LogP contribution in [0.1, 0.15) is 50.6 Å². The molecular formula is C23H30N4O5. The number of amides is 1. The van der Waals surface area contributed by atoms with Gasteiger partial charge in [-0.05, 0) is 56.4 Å². The van der Waals surface area contributed by atoms with Gasteiger partial charge < -0.3 is 19.5 Å². The fourth-order valence-corrected chi connectivity index (χ4v) is 4.59. The highest BCUT2D eigenvalue weighted by molar-refractivity contribution is 5.70. The molecule has 2 aliphatic rings. The zero-order chi connectivity index (χ0) is 22.7. The van der Waals surface area contributed by atoms with Crippen LogP contribution in [0.3, 0.4) is 0 Å². The molecule has 0 spiro atoms. The number of aryl methyl sites for hydroxylation is 1. The lowest BCUT2D eigenvalue weighted by molar-refractivity contribution is -0.141. The molecule has 1 aromatic carbocycles. The van der Waals surface area contributed by atoms with Gasteiger partial charge in [-0.3, -0.25) is 4.79 Å². The van der Waals surface area contributed by atoms with E-state index < -0.39 is 5.97 Å². The van der Waals surface area contributed by atoms with Crippen molar-refractivity contribution >= 4 is 12.1 Å². The molecule has 0 aliphatic heterocycles. The maximum Gasteiger partial charge on any atom is 0.410 e. The summed E-state index contributed by atoms with van der Waals surface area (Å²) in [5, 5.41) is 17.5. The van der Waals surface area contributed by atoms with Crippen molar-refractivity contribution in [2.45, 2.75) is 63.7 Å². The number of aromatic nitrogens is 3. The third-order valence-corrected chi connectivity index (χ3v) is 6.60. The Hall–Kier alpha value is -3.10. The molecule has 2 atom stereocenters. The number of carbonyl (C=O) groups excluding carboxylic acids is 1. The fraction of sp³-hybridized carbons (Fsp3) is 0.565. The van der Waals surface area contributed by atoms with Gasteiger partial charge in [0.25, 0.3) is 0 Å². The van der Waals surface area contributed by atoms with Gasteiger partial charge in [0.2, 0.25) is 0 Å². The maximum atomic E-state index is 12.5. The first kappa shape index (κ1) is 22.1. The molecule has 2 fully saturated rings. The lowest BCUT2D eigenvalue weighted by Crippen LogP contribution is -2.35. The van der Waals surface area contributed by atoms with E-state index in [2.05, 4.69) is 10.3 Å². The summed E-state index contributed by atoms with van der Waals surface area (Å²) in [4.78, 5) is 25.3. The Morgan fingerprint density at radius 3 is 2.53 bits per heavy atom. The molecule has 2 aromatic rings. The first-order valence-corrected chi connectivity index (χ1v) is 11.2. The Balaban J connectivity index is 1.38. The van der Waals surface area contributed by atoms with E-state index in [1.165, 1.54) is 0 Å². The molecule has 1 aromatic heterocycles. The predicted molar refractivity (Wildman–Crippen MR) is 116 cm³/mol. The number of aliphatic carboxylic acids is 1. The van der Waals surface area contributed by atoms with E-state index in [4.69, 9.17) is 14.6 Å². The molecule has 0 radical (unpaired) electrons. The highest BCUT2D eigenvalue weighted by atomic mass is 16.6. The van der Waals surface area contributed by atoms with Crippen molar-refractivity contribution < 1.29 is 24.2 Å². The molecule has 0 bridgehead atoms. The van der Waals surface area contributed by atoms with Crippen LogP contribution in [0.15, 0.2) is 24.3 Å². The Morgan fingerprint density at radius 2 is 1.88 bits per heavy atom. The molecular weight excluding hydrogens is 412 g/mol. The highest BCUT2D eigenvalue weighted by Gasteiger charge is 2.31. The number of rotatable bonds is 7. The van der Waals surface area contributed by atoms with Crippen LogP contribution in [0.25, 0.3) is 11.3 Å². The molecule has 172 valence electrons. The second-order valence-electron chi connectivity index (χ2n) is 8.72. The molecule has 1 N–H and O–H groups in total. The van der Waals surface area contributed by atoms with Gasteiger partial charge in [-0.25, -0.2) is 9.48 Å². The van der Waals surface area contributed by atoms with Crippen LogP contribution >= 0.6 is 0 Å². The van der Waals surface area contributed by atoms with Gasteiger partial charge >= 0.3 is 12.1 Å². The van der Waals surface area contributed by atoms with Gasteiger partial charge in [-0.15, -0.1) is 5.10 Å². The SMILES string of the molecule is CN(C(=O)OCc1c(-c2ccc(O[C@H]3CC[C@@H](C(=O)O)C3)cc2)nnn1C)C1CCCC1. The monoisotopic (exact) mass is 442 g/mol. The third kappa shape index (κ3) is 4.87. The summed E-state index contributed by atoms with van der Waals surface area (Å²) in [6.45, 7) is 0.0889. The van der Waals surface area contributed by atoms with Crippen molar-refractivity contribution in [3.8, 4) is 17.0 Å². The van der Waals surface area contributed by atoms with Crippen LogP contribution in [-0.4, -0.2) is 56.3 Å². The van der Waals surface area contributed by atoms with Crippen molar-refractivity contribution in [3.63, 3.8) is 0 Å². The Morgan fingerprint density at radius 1 is 1.16 bits per heavy atom.